The Morgan fingerprint density at radius 2 is 1.93 bits per heavy atom. The summed E-state index contributed by atoms with van der Waals surface area (Å²) in [6.07, 6.45) is 1.63. The number of carbonyl (C=O) groups excluding carboxylic acids is 3. The van der Waals surface area contributed by atoms with Crippen molar-refractivity contribution in [2.24, 2.45) is 0 Å². The van der Waals surface area contributed by atoms with Gasteiger partial charge in [0.05, 0.1) is 22.1 Å². The molecule has 0 fully saturated rings. The third-order valence-electron chi connectivity index (χ3n) is 4.09. The van der Waals surface area contributed by atoms with E-state index in [9.17, 15) is 14.4 Å². The zero-order valence-corrected chi connectivity index (χ0v) is 16.6. The van der Waals surface area contributed by atoms with E-state index >= 15 is 0 Å². The number of fused-ring (bicyclic) bond motifs is 1. The standard InChI is InChI=1S/C19H15Cl2NO4S/c1-2-26-19(25)14-13-8-5-11(9-23)15(21)16(13)27-18(14)22-17(24)10-3-6-12(20)7-4-10/h3-4,6-7,9H,2,5,8H2,1H3,(H,22,24). The van der Waals surface area contributed by atoms with Crippen molar-refractivity contribution in [2.75, 3.05) is 11.9 Å². The van der Waals surface area contributed by atoms with E-state index in [2.05, 4.69) is 5.32 Å². The van der Waals surface area contributed by atoms with Crippen LogP contribution in [0.15, 0.2) is 29.8 Å². The van der Waals surface area contributed by atoms with Gasteiger partial charge in [-0.3, -0.25) is 9.59 Å². The lowest BCUT2D eigenvalue weighted by Crippen LogP contribution is -2.15. The molecule has 1 aliphatic carbocycles. The van der Waals surface area contributed by atoms with Crippen molar-refractivity contribution in [3.8, 4) is 0 Å². The van der Waals surface area contributed by atoms with Crippen molar-refractivity contribution in [1.82, 2.24) is 0 Å². The number of halogens is 2. The first kappa shape index (κ1) is 19.6. The lowest BCUT2D eigenvalue weighted by atomic mass is 9.95. The fourth-order valence-electron chi connectivity index (χ4n) is 2.79. The molecule has 1 heterocycles. The molecule has 0 aliphatic heterocycles. The quantitative estimate of drug-likeness (QED) is 0.546. The van der Waals surface area contributed by atoms with E-state index in [-0.39, 0.29) is 12.5 Å². The molecule has 27 heavy (non-hydrogen) atoms. The Hall–Kier alpha value is -2.15. The number of hydrogen-bond acceptors (Lipinski definition) is 5. The highest BCUT2D eigenvalue weighted by Gasteiger charge is 2.30. The molecule has 1 aromatic carbocycles. The molecule has 0 atom stereocenters. The van der Waals surface area contributed by atoms with Crippen LogP contribution < -0.4 is 5.32 Å². The number of esters is 1. The Bertz CT molecular complexity index is 947. The summed E-state index contributed by atoms with van der Waals surface area (Å²) >= 11 is 13.3. The first-order valence-corrected chi connectivity index (χ1v) is 9.77. The first-order valence-electron chi connectivity index (χ1n) is 8.20. The van der Waals surface area contributed by atoms with Crippen molar-refractivity contribution < 1.29 is 19.1 Å². The number of carbonyl (C=O) groups is 3. The second-order valence-corrected chi connectivity index (χ2v) is 7.59. The van der Waals surface area contributed by atoms with Crippen molar-refractivity contribution in [3.63, 3.8) is 0 Å². The molecule has 0 saturated carbocycles. The molecule has 0 radical (unpaired) electrons. The van der Waals surface area contributed by atoms with Gasteiger partial charge < -0.3 is 10.1 Å². The molecule has 0 bridgehead atoms. The maximum absolute atomic E-state index is 12.6. The fourth-order valence-corrected chi connectivity index (χ4v) is 4.49. The van der Waals surface area contributed by atoms with Crippen LogP contribution in [-0.4, -0.2) is 24.8 Å². The molecule has 1 amide bonds. The molecule has 0 unspecified atom stereocenters. The zero-order chi connectivity index (χ0) is 19.6. The number of ether oxygens (including phenoxy) is 1. The smallest absolute Gasteiger partial charge is 0.341 e. The third-order valence-corrected chi connectivity index (χ3v) is 6.05. The lowest BCUT2D eigenvalue weighted by Gasteiger charge is -2.14. The second-order valence-electron chi connectivity index (χ2n) is 5.75. The van der Waals surface area contributed by atoms with Gasteiger partial charge in [-0.25, -0.2) is 4.79 Å². The number of amides is 1. The van der Waals surface area contributed by atoms with Gasteiger partial charge in [-0.1, -0.05) is 23.2 Å². The monoisotopic (exact) mass is 423 g/mol. The van der Waals surface area contributed by atoms with Gasteiger partial charge in [-0.15, -0.1) is 11.3 Å². The first-order chi connectivity index (χ1) is 13.0. The number of rotatable bonds is 5. The Kier molecular flexibility index (Phi) is 5.99. The van der Waals surface area contributed by atoms with Crippen LogP contribution in [-0.2, 0) is 16.0 Å². The van der Waals surface area contributed by atoms with Crippen LogP contribution >= 0.6 is 34.5 Å². The van der Waals surface area contributed by atoms with Crippen molar-refractivity contribution >= 4 is 62.7 Å². The molecule has 1 aliphatic rings. The summed E-state index contributed by atoms with van der Waals surface area (Å²) in [7, 11) is 0. The van der Waals surface area contributed by atoms with E-state index in [4.69, 9.17) is 27.9 Å². The van der Waals surface area contributed by atoms with Crippen LogP contribution in [0.2, 0.25) is 5.02 Å². The van der Waals surface area contributed by atoms with Crippen LogP contribution in [0, 0.1) is 0 Å². The van der Waals surface area contributed by atoms with Gasteiger partial charge in [0, 0.05) is 16.2 Å². The summed E-state index contributed by atoms with van der Waals surface area (Å²) in [5, 5.41) is 3.94. The molecule has 0 saturated heterocycles. The predicted octanol–water partition coefficient (Wildman–Crippen LogP) is 4.93. The van der Waals surface area contributed by atoms with Gasteiger partial charge in [0.15, 0.2) is 0 Å². The van der Waals surface area contributed by atoms with Crippen LogP contribution in [0.3, 0.4) is 0 Å². The third kappa shape index (κ3) is 3.93. The SMILES string of the molecule is CCOC(=O)c1c(NC(=O)c2ccc(Cl)cc2)sc2c1CCC(C=O)=C2Cl. The van der Waals surface area contributed by atoms with E-state index in [1.54, 1.807) is 31.2 Å². The van der Waals surface area contributed by atoms with E-state index in [1.165, 1.54) is 0 Å². The van der Waals surface area contributed by atoms with Crippen LogP contribution in [0.1, 0.15) is 44.5 Å². The maximum Gasteiger partial charge on any atom is 0.341 e. The largest absolute Gasteiger partial charge is 0.462 e. The van der Waals surface area contributed by atoms with Gasteiger partial charge in [0.1, 0.15) is 11.3 Å². The van der Waals surface area contributed by atoms with Crippen molar-refractivity contribution in [1.29, 1.82) is 0 Å². The molecule has 8 heteroatoms. The summed E-state index contributed by atoms with van der Waals surface area (Å²) in [5.74, 6) is -0.910. The Morgan fingerprint density at radius 3 is 2.56 bits per heavy atom. The molecule has 2 aromatic rings. The van der Waals surface area contributed by atoms with E-state index < -0.39 is 5.97 Å². The Balaban J connectivity index is 2.03. The second kappa shape index (κ2) is 8.25. The number of allylic oxidation sites excluding steroid dienone is 1. The summed E-state index contributed by atoms with van der Waals surface area (Å²) < 4.78 is 5.15. The fraction of sp³-hybridized carbons (Fsp3) is 0.211. The number of nitrogens with one attached hydrogen (secondary N) is 1. The minimum atomic E-state index is -0.527. The molecular formula is C19H15Cl2NO4S. The number of benzene rings is 1. The maximum atomic E-state index is 12.6. The number of thiophene rings is 1. The molecule has 140 valence electrons. The Labute approximate surface area is 169 Å². The highest BCUT2D eigenvalue weighted by Crippen LogP contribution is 2.44. The van der Waals surface area contributed by atoms with Crippen molar-refractivity contribution in [3.05, 3.63) is 56.4 Å². The topological polar surface area (TPSA) is 72.5 Å². The van der Waals surface area contributed by atoms with E-state index in [0.29, 0.717) is 55.0 Å². The van der Waals surface area contributed by atoms with Gasteiger partial charge >= 0.3 is 5.97 Å². The highest BCUT2D eigenvalue weighted by atomic mass is 35.5. The lowest BCUT2D eigenvalue weighted by molar-refractivity contribution is -0.105. The highest BCUT2D eigenvalue weighted by molar-refractivity contribution is 7.18. The normalized spacial score (nSPS) is 13.1. The Morgan fingerprint density at radius 1 is 1.22 bits per heavy atom. The van der Waals surface area contributed by atoms with Crippen LogP contribution in [0.25, 0.3) is 5.03 Å². The number of hydrogen-bond donors (Lipinski definition) is 1. The summed E-state index contributed by atoms with van der Waals surface area (Å²) in [5.41, 5.74) is 1.87. The predicted molar refractivity (Wildman–Crippen MR) is 107 cm³/mol. The molecular weight excluding hydrogens is 409 g/mol. The van der Waals surface area contributed by atoms with Gasteiger partial charge in [0.2, 0.25) is 0 Å². The van der Waals surface area contributed by atoms with E-state index in [0.717, 1.165) is 17.6 Å². The number of anilines is 1. The zero-order valence-electron chi connectivity index (χ0n) is 14.3. The summed E-state index contributed by atoms with van der Waals surface area (Å²) in [4.78, 5) is 36.9. The molecule has 1 aromatic heterocycles. The molecule has 1 N–H and O–H groups in total. The van der Waals surface area contributed by atoms with Gasteiger partial charge in [-0.05, 0) is 49.6 Å². The van der Waals surface area contributed by atoms with E-state index in [1.807, 2.05) is 0 Å². The number of aldehydes is 1. The average Bonchev–Trinajstić information content (AvgIpc) is 3.01. The summed E-state index contributed by atoms with van der Waals surface area (Å²) in [6, 6.07) is 6.40. The minimum absolute atomic E-state index is 0.206. The molecule has 5 nitrogen and oxygen atoms in total. The van der Waals surface area contributed by atoms with Crippen LogP contribution in [0.5, 0.6) is 0 Å². The molecule has 0 spiro atoms. The minimum Gasteiger partial charge on any atom is -0.462 e. The average molecular weight is 424 g/mol. The van der Waals surface area contributed by atoms with Gasteiger partial charge in [0.25, 0.3) is 5.91 Å². The van der Waals surface area contributed by atoms with Crippen molar-refractivity contribution in [2.45, 2.75) is 19.8 Å². The van der Waals surface area contributed by atoms with Gasteiger partial charge in [-0.2, -0.15) is 0 Å². The van der Waals surface area contributed by atoms with Crippen LogP contribution in [0.4, 0.5) is 5.00 Å². The molecule has 3 rings (SSSR count). The summed E-state index contributed by atoms with van der Waals surface area (Å²) in [6.45, 7) is 1.91.